The van der Waals surface area contributed by atoms with Crippen molar-refractivity contribution in [3.8, 4) is 5.75 Å². The van der Waals surface area contributed by atoms with Crippen molar-refractivity contribution >= 4 is 17.4 Å². The van der Waals surface area contributed by atoms with E-state index in [2.05, 4.69) is 15.2 Å². The lowest BCUT2D eigenvalue weighted by Gasteiger charge is -2.01. The maximum atomic E-state index is 11.3. The van der Waals surface area contributed by atoms with Crippen molar-refractivity contribution in [2.24, 2.45) is 0 Å². The smallest absolute Gasteiger partial charge is 0.348 e. The summed E-state index contributed by atoms with van der Waals surface area (Å²) in [5, 5.41) is 16.3. The maximum Gasteiger partial charge on any atom is 0.348 e. The third-order valence-corrected chi connectivity index (χ3v) is 3.25. The Hall–Kier alpha value is -2.28. The van der Waals surface area contributed by atoms with Gasteiger partial charge >= 0.3 is 5.69 Å². The monoisotopic (exact) mass is 260 g/mol. The first-order chi connectivity index (χ1) is 8.72. The highest BCUT2D eigenvalue weighted by Gasteiger charge is 2.04. The van der Waals surface area contributed by atoms with E-state index >= 15 is 0 Å². The van der Waals surface area contributed by atoms with Crippen LogP contribution in [0.5, 0.6) is 5.75 Å². The zero-order valence-electron chi connectivity index (χ0n) is 9.07. The van der Waals surface area contributed by atoms with E-state index in [1.165, 1.54) is 22.5 Å². The predicted molar refractivity (Wildman–Crippen MR) is 65.8 cm³/mol. The average Bonchev–Trinajstić information content (AvgIpc) is 2.71. The van der Waals surface area contributed by atoms with Gasteiger partial charge in [-0.2, -0.15) is 5.10 Å². The van der Waals surface area contributed by atoms with Gasteiger partial charge < -0.3 is 5.11 Å². The van der Waals surface area contributed by atoms with Crippen LogP contribution in [0.2, 0.25) is 0 Å². The van der Waals surface area contributed by atoms with Crippen LogP contribution < -0.4 is 5.69 Å². The largest absolute Gasteiger partial charge is 0.508 e. The molecule has 0 spiro atoms. The molecule has 0 aliphatic rings. The Kier molecular flexibility index (Phi) is 2.52. The lowest BCUT2D eigenvalue weighted by Crippen LogP contribution is -2.09. The van der Waals surface area contributed by atoms with Crippen LogP contribution in [0.15, 0.2) is 51.4 Å². The number of H-pyrrole nitrogens is 1. The molecule has 0 aliphatic carbocycles. The quantitative estimate of drug-likeness (QED) is 0.678. The predicted octanol–water partition coefficient (Wildman–Crippen LogP) is 1.27. The van der Waals surface area contributed by atoms with E-state index in [1.807, 2.05) is 6.07 Å². The number of fused-ring (bicyclic) bond motifs is 1. The van der Waals surface area contributed by atoms with Crippen LogP contribution in [-0.4, -0.2) is 24.7 Å². The van der Waals surface area contributed by atoms with E-state index in [1.54, 1.807) is 24.3 Å². The van der Waals surface area contributed by atoms with Crippen molar-refractivity contribution in [3.63, 3.8) is 0 Å². The first kappa shape index (κ1) is 10.8. The fourth-order valence-corrected chi connectivity index (χ4v) is 2.35. The number of phenols is 1. The lowest BCUT2D eigenvalue weighted by atomic mass is 10.3. The Labute approximate surface area is 105 Å². The fourth-order valence-electron chi connectivity index (χ4n) is 1.52. The summed E-state index contributed by atoms with van der Waals surface area (Å²) in [6, 6.07) is 8.58. The van der Waals surface area contributed by atoms with Gasteiger partial charge in [0.25, 0.3) is 0 Å². The molecule has 0 radical (unpaired) electrons. The summed E-state index contributed by atoms with van der Waals surface area (Å²) in [5.74, 6) is 0.206. The third kappa shape index (κ3) is 1.95. The van der Waals surface area contributed by atoms with E-state index in [9.17, 15) is 9.90 Å². The summed E-state index contributed by atoms with van der Waals surface area (Å²) < 4.78 is 1.33. The van der Waals surface area contributed by atoms with Crippen molar-refractivity contribution in [2.75, 3.05) is 0 Å². The topological polar surface area (TPSA) is 83.3 Å². The zero-order chi connectivity index (χ0) is 12.5. The minimum Gasteiger partial charge on any atom is -0.508 e. The highest BCUT2D eigenvalue weighted by atomic mass is 32.2. The van der Waals surface area contributed by atoms with Crippen LogP contribution in [0.4, 0.5) is 0 Å². The van der Waals surface area contributed by atoms with Gasteiger partial charge in [-0.1, -0.05) is 17.8 Å². The van der Waals surface area contributed by atoms with E-state index in [4.69, 9.17) is 0 Å². The summed E-state index contributed by atoms with van der Waals surface area (Å²) in [5.41, 5.74) is 0.198. The van der Waals surface area contributed by atoms with Gasteiger partial charge in [0.05, 0.1) is 0 Å². The Morgan fingerprint density at radius 1 is 1.33 bits per heavy atom. The third-order valence-electron chi connectivity index (χ3n) is 2.32. The highest BCUT2D eigenvalue weighted by molar-refractivity contribution is 7.99. The summed E-state index contributed by atoms with van der Waals surface area (Å²) in [6.45, 7) is 0. The number of hydrogen-bond acceptors (Lipinski definition) is 5. The molecule has 3 rings (SSSR count). The second kappa shape index (κ2) is 4.19. The Balaban J connectivity index is 1.97. The first-order valence-corrected chi connectivity index (χ1v) is 5.94. The molecule has 7 heteroatoms. The fraction of sp³-hybridized carbons (Fsp3) is 0. The van der Waals surface area contributed by atoms with E-state index < -0.39 is 0 Å². The summed E-state index contributed by atoms with van der Waals surface area (Å²) >= 11 is 1.39. The minimum absolute atomic E-state index is 0.206. The number of phenolic OH excluding ortho intramolecular Hbond substituents is 1. The molecule has 0 saturated carbocycles. The zero-order valence-corrected chi connectivity index (χ0v) is 9.89. The Bertz CT molecular complexity index is 765. The second-order valence-electron chi connectivity index (χ2n) is 3.58. The second-order valence-corrected chi connectivity index (χ2v) is 4.68. The van der Waals surface area contributed by atoms with Crippen LogP contribution in [0.25, 0.3) is 5.65 Å². The van der Waals surface area contributed by atoms with E-state index in [0.29, 0.717) is 10.7 Å². The van der Waals surface area contributed by atoms with Crippen LogP contribution in [0.1, 0.15) is 0 Å². The van der Waals surface area contributed by atoms with Gasteiger partial charge in [-0.15, -0.1) is 0 Å². The van der Waals surface area contributed by atoms with Gasteiger partial charge in [-0.3, -0.25) is 0 Å². The number of aromatic hydroxyl groups is 1. The molecule has 2 aromatic heterocycles. The van der Waals surface area contributed by atoms with Crippen molar-refractivity contribution in [3.05, 3.63) is 47.1 Å². The molecule has 0 saturated heterocycles. The highest BCUT2D eigenvalue weighted by Crippen LogP contribution is 2.28. The molecule has 6 nitrogen and oxygen atoms in total. The molecule has 0 amide bonds. The van der Waals surface area contributed by atoms with E-state index in [0.717, 1.165) is 4.90 Å². The number of hydrogen-bond donors (Lipinski definition) is 2. The lowest BCUT2D eigenvalue weighted by molar-refractivity contribution is 0.474. The van der Waals surface area contributed by atoms with Crippen LogP contribution >= 0.6 is 11.8 Å². The molecule has 0 unspecified atom stereocenters. The summed E-state index contributed by atoms with van der Waals surface area (Å²) in [7, 11) is 0. The Morgan fingerprint density at radius 2 is 2.22 bits per heavy atom. The number of benzene rings is 1. The summed E-state index contributed by atoms with van der Waals surface area (Å²) in [6.07, 6.45) is 1.42. The average molecular weight is 260 g/mol. The molecule has 90 valence electrons. The van der Waals surface area contributed by atoms with Gasteiger partial charge in [0.1, 0.15) is 17.1 Å². The molecule has 3 aromatic rings. The molecular weight excluding hydrogens is 252 g/mol. The standard InChI is InChI=1S/C11H8N4O2S/c16-7-2-1-3-8(4-7)18-10-5-9-13-14-11(17)15(9)6-12-10/h1-6,16H,(H,14,17). The van der Waals surface area contributed by atoms with Gasteiger partial charge in [-0.05, 0) is 18.2 Å². The molecular formula is C11H8N4O2S. The number of aromatic amines is 1. The van der Waals surface area contributed by atoms with Crippen LogP contribution in [-0.2, 0) is 0 Å². The first-order valence-electron chi connectivity index (χ1n) is 5.12. The molecule has 0 fully saturated rings. The molecule has 18 heavy (non-hydrogen) atoms. The Morgan fingerprint density at radius 3 is 3.06 bits per heavy atom. The minimum atomic E-state index is -0.314. The molecule has 0 aliphatic heterocycles. The molecule has 0 atom stereocenters. The maximum absolute atomic E-state index is 11.3. The van der Waals surface area contributed by atoms with Crippen molar-refractivity contribution in [1.82, 2.24) is 19.6 Å². The van der Waals surface area contributed by atoms with Crippen molar-refractivity contribution in [1.29, 1.82) is 0 Å². The molecule has 0 bridgehead atoms. The number of nitrogens with zero attached hydrogens (tertiary/aromatic N) is 3. The number of rotatable bonds is 2. The van der Waals surface area contributed by atoms with E-state index in [-0.39, 0.29) is 11.4 Å². The summed E-state index contributed by atoms with van der Waals surface area (Å²) in [4.78, 5) is 16.3. The van der Waals surface area contributed by atoms with Gasteiger partial charge in [0, 0.05) is 11.0 Å². The van der Waals surface area contributed by atoms with Gasteiger partial charge in [0.15, 0.2) is 5.65 Å². The SMILES string of the molecule is O=c1[nH]nc2cc(Sc3cccc(O)c3)ncn12. The molecule has 2 heterocycles. The van der Waals surface area contributed by atoms with Crippen LogP contribution in [0.3, 0.4) is 0 Å². The number of aromatic nitrogens is 4. The number of nitrogens with one attached hydrogen (secondary N) is 1. The van der Waals surface area contributed by atoms with Gasteiger partial charge in [-0.25, -0.2) is 19.3 Å². The van der Waals surface area contributed by atoms with Crippen molar-refractivity contribution < 1.29 is 5.11 Å². The molecule has 2 N–H and O–H groups in total. The van der Waals surface area contributed by atoms with Crippen LogP contribution in [0, 0.1) is 0 Å². The van der Waals surface area contributed by atoms with Gasteiger partial charge in [0.2, 0.25) is 0 Å². The van der Waals surface area contributed by atoms with Crippen molar-refractivity contribution in [2.45, 2.75) is 9.92 Å². The molecule has 1 aromatic carbocycles. The normalized spacial score (nSPS) is 10.9.